The van der Waals surface area contributed by atoms with E-state index in [1.165, 1.54) is 5.56 Å². The number of ether oxygens (including phenoxy) is 6. The molecule has 0 amide bonds. The normalized spacial score (nSPS) is 34.2. The molecule has 6 saturated heterocycles. The van der Waals surface area contributed by atoms with Crippen LogP contribution in [0, 0.1) is 30.6 Å². The summed E-state index contributed by atoms with van der Waals surface area (Å²) < 4.78 is 67.8. The van der Waals surface area contributed by atoms with Crippen molar-refractivity contribution in [1.29, 1.82) is 0 Å². The maximum Gasteiger partial charge on any atom is 0.193 e. The highest BCUT2D eigenvalue weighted by Gasteiger charge is 2.59. The highest BCUT2D eigenvalue weighted by atomic mass is 127. The number of aryl methyl sites for hydroxylation is 1. The van der Waals surface area contributed by atoms with Gasteiger partial charge in [0.15, 0.2) is 25.0 Å². The number of fused-ring (bicyclic) bond motifs is 1. The van der Waals surface area contributed by atoms with Gasteiger partial charge in [-0.1, -0.05) is 142 Å². The SMILES string of the molecule is C=C1C[C@H](CCC=O)OC1CC[C@H]1C[C@@H](C)C(=C)C(C[C@@H]2OC(C[C@H]3CCC(C)(C)O3)[C@H](C)[C@H]2C(Cc2ccc(C)cc2)C(=O)C[C@H]2CC[C@@H]3O[C@@H]([C@H](/C=C/I)O[Si](C)(C)C(C)(C)C)[C@@H](O[Si](C)(C)C(C)(C)C)[C@@H](O[Si](C)(C)C(C)(C)C)[C@H]3O2)O1. The van der Waals surface area contributed by atoms with Crippen molar-refractivity contribution >= 4 is 59.6 Å². The molecule has 18 atom stereocenters. The van der Waals surface area contributed by atoms with Gasteiger partial charge in [-0.3, -0.25) is 4.79 Å². The van der Waals surface area contributed by atoms with Crippen molar-refractivity contribution in [2.45, 2.75) is 332 Å². The van der Waals surface area contributed by atoms with Gasteiger partial charge < -0.3 is 46.5 Å². The predicted molar refractivity (Wildman–Crippen MR) is 361 cm³/mol. The number of carbonyl (C=O) groups excluding carboxylic acids is 2. The van der Waals surface area contributed by atoms with Crippen molar-refractivity contribution in [2.24, 2.45) is 23.7 Å². The van der Waals surface area contributed by atoms with E-state index in [1.54, 1.807) is 0 Å². The summed E-state index contributed by atoms with van der Waals surface area (Å²) in [7, 11) is -7.32. The van der Waals surface area contributed by atoms with Crippen LogP contribution in [0.15, 0.2) is 58.7 Å². The lowest BCUT2D eigenvalue weighted by molar-refractivity contribution is -0.266. The Balaban J connectivity index is 1.22. The average Bonchev–Trinajstić information content (AvgIpc) is 1.28. The van der Waals surface area contributed by atoms with E-state index >= 15 is 4.79 Å². The number of carbonyl (C=O) groups is 2. The first-order valence-corrected chi connectivity index (χ1v) is 42.9. The molecule has 7 rings (SSSR count). The molecular formula is C70H117IO11Si3. The van der Waals surface area contributed by atoms with E-state index in [4.69, 9.17) is 48.3 Å². The molecule has 0 N–H and O–H groups in total. The predicted octanol–water partition coefficient (Wildman–Crippen LogP) is 17.1. The Bertz CT molecular complexity index is 2440. The average molecular weight is 1350 g/mol. The van der Waals surface area contributed by atoms with E-state index < -0.39 is 49.4 Å². The second kappa shape index (κ2) is 28.3. The summed E-state index contributed by atoms with van der Waals surface area (Å²) >= 11 is 2.33. The minimum atomic E-state index is -2.50. The largest absolute Gasteiger partial charge is 0.408 e. The van der Waals surface area contributed by atoms with Crippen LogP contribution < -0.4 is 0 Å². The maximum atomic E-state index is 16.1. The molecule has 0 spiro atoms. The molecule has 6 fully saturated rings. The molecule has 0 aromatic heterocycles. The van der Waals surface area contributed by atoms with Gasteiger partial charge in [-0.2, -0.15) is 0 Å². The fourth-order valence-corrected chi connectivity index (χ4v) is 17.9. The third kappa shape index (κ3) is 17.7. The van der Waals surface area contributed by atoms with Crippen molar-refractivity contribution in [1.82, 2.24) is 0 Å². The topological polar surface area (TPSA) is 117 Å². The van der Waals surface area contributed by atoms with Gasteiger partial charge in [0.2, 0.25) is 0 Å². The summed E-state index contributed by atoms with van der Waals surface area (Å²) in [6, 6.07) is 8.77. The first-order chi connectivity index (χ1) is 39.3. The van der Waals surface area contributed by atoms with Crippen LogP contribution in [0.25, 0.3) is 0 Å². The van der Waals surface area contributed by atoms with Crippen LogP contribution in [-0.2, 0) is 57.7 Å². The standard InChI is InChI=1S/C70H117IO11Si3/c1-44-25-27-49(28-26-44)40-54(62-48(5)59(42-53-33-35-70(15,16)79-53)77-61(62)43-60-47(4)45(2)38-51(75-60)29-31-56-46(3)39-50(74-56)24-23-37-72)55(73)41-52-30-32-57-63(76-52)65(81-84(19,20)68(9,10)11)66(82-85(21,22)69(12,13)14)64(78-57)58(34-36-71)80-83(17,18)67(6,7)8/h25-28,34,36-37,45,48,50-54,56-66H,3-4,23-24,29-33,35,38-43H2,1-2,5-22H3/b36-34+/t45-,48+,50+,51+,52-,53-,54?,56?,57+,58+,59?,60?,61+,62+,63+,64+,65+,66-/m1/s1. The number of benzene rings is 1. The smallest absolute Gasteiger partial charge is 0.193 e. The van der Waals surface area contributed by atoms with Crippen LogP contribution in [0.5, 0.6) is 0 Å². The van der Waals surface area contributed by atoms with Gasteiger partial charge in [0.1, 0.15) is 36.5 Å². The second-order valence-corrected chi connectivity index (χ2v) is 47.3. The zero-order chi connectivity index (χ0) is 63.0. The lowest BCUT2D eigenvalue weighted by Crippen LogP contribution is -2.69. The lowest BCUT2D eigenvalue weighted by atomic mass is 9.71. The Hall–Kier alpha value is -1.20. The zero-order valence-corrected chi connectivity index (χ0v) is 61.8. The van der Waals surface area contributed by atoms with Crippen molar-refractivity contribution in [2.75, 3.05) is 0 Å². The second-order valence-electron chi connectivity index (χ2n) is 32.3. The van der Waals surface area contributed by atoms with Crippen molar-refractivity contribution in [3.8, 4) is 0 Å². The summed E-state index contributed by atoms with van der Waals surface area (Å²) in [6.07, 6.45) is 10.1. The molecule has 11 nitrogen and oxygen atoms in total. The quantitative estimate of drug-likeness (QED) is 0.0426. The Kier molecular flexibility index (Phi) is 23.8. The van der Waals surface area contributed by atoms with E-state index in [-0.39, 0.29) is 118 Å². The third-order valence-electron chi connectivity index (χ3n) is 22.1. The first kappa shape index (κ1) is 71.2. The van der Waals surface area contributed by atoms with Gasteiger partial charge in [0.25, 0.3) is 0 Å². The van der Waals surface area contributed by atoms with Gasteiger partial charge in [0.05, 0.1) is 66.6 Å². The van der Waals surface area contributed by atoms with Crippen molar-refractivity contribution in [3.63, 3.8) is 0 Å². The summed E-state index contributed by atoms with van der Waals surface area (Å²) in [5.41, 5.74) is 4.37. The van der Waals surface area contributed by atoms with Crippen molar-refractivity contribution in [3.05, 3.63) is 69.9 Å². The lowest BCUT2D eigenvalue weighted by Gasteiger charge is -2.56. The van der Waals surface area contributed by atoms with E-state index in [0.29, 0.717) is 25.7 Å². The molecule has 0 radical (unpaired) electrons. The molecule has 85 heavy (non-hydrogen) atoms. The van der Waals surface area contributed by atoms with Crippen LogP contribution in [0.3, 0.4) is 0 Å². The molecule has 6 aliphatic heterocycles. The highest BCUT2D eigenvalue weighted by Crippen LogP contribution is 2.50. The summed E-state index contributed by atoms with van der Waals surface area (Å²) in [6.45, 7) is 54.9. The molecule has 6 aliphatic rings. The van der Waals surface area contributed by atoms with Crippen molar-refractivity contribution < 1.29 is 51.3 Å². The van der Waals surface area contributed by atoms with Crippen LogP contribution in [0.1, 0.15) is 185 Å². The van der Waals surface area contributed by atoms with Crippen LogP contribution >= 0.6 is 22.6 Å². The molecule has 4 unspecified atom stereocenters. The molecular weight excluding hydrogens is 1230 g/mol. The van der Waals surface area contributed by atoms with Crippen LogP contribution in [-0.4, -0.2) is 128 Å². The molecule has 1 aromatic carbocycles. The highest BCUT2D eigenvalue weighted by molar-refractivity contribution is 14.1. The van der Waals surface area contributed by atoms with Crippen LogP contribution in [0.4, 0.5) is 0 Å². The van der Waals surface area contributed by atoms with E-state index in [2.05, 4.69) is 200 Å². The maximum absolute atomic E-state index is 16.1. The Labute approximate surface area is 533 Å². The third-order valence-corrected chi connectivity index (χ3v) is 36.0. The molecule has 6 heterocycles. The summed E-state index contributed by atoms with van der Waals surface area (Å²) in [5.74, 6) is 0.0759. The van der Waals surface area contributed by atoms with E-state index in [0.717, 1.165) is 80.8 Å². The minimum absolute atomic E-state index is 0.0177. The number of halogens is 1. The summed E-state index contributed by atoms with van der Waals surface area (Å²) in [4.78, 5) is 27.3. The number of hydrogen-bond acceptors (Lipinski definition) is 11. The fourth-order valence-electron chi connectivity index (χ4n) is 13.6. The number of aldehydes is 1. The molecule has 0 bridgehead atoms. The fraction of sp³-hybridized carbons (Fsp3) is 0.800. The number of ketones is 1. The Morgan fingerprint density at radius 2 is 1.36 bits per heavy atom. The van der Waals surface area contributed by atoms with Gasteiger partial charge >= 0.3 is 0 Å². The minimum Gasteiger partial charge on any atom is -0.408 e. The van der Waals surface area contributed by atoms with E-state index in [1.807, 2.05) is 0 Å². The zero-order valence-electron chi connectivity index (χ0n) is 56.6. The summed E-state index contributed by atoms with van der Waals surface area (Å²) in [5, 5.41) is -0.232. The van der Waals surface area contributed by atoms with Gasteiger partial charge in [-0.25, -0.2) is 0 Å². The van der Waals surface area contributed by atoms with E-state index in [9.17, 15) is 4.79 Å². The monoisotopic (exact) mass is 1340 g/mol. The number of rotatable bonds is 24. The molecule has 0 saturated carbocycles. The molecule has 15 heteroatoms. The van der Waals surface area contributed by atoms with Gasteiger partial charge in [-0.15, -0.1) is 0 Å². The Morgan fingerprint density at radius 3 is 1.95 bits per heavy atom. The molecule has 0 aliphatic carbocycles. The Morgan fingerprint density at radius 1 is 0.741 bits per heavy atom. The van der Waals surface area contributed by atoms with Gasteiger partial charge in [0, 0.05) is 37.5 Å². The first-order valence-electron chi connectivity index (χ1n) is 33.0. The molecule has 482 valence electrons. The number of hydrogen-bond donors (Lipinski definition) is 0. The molecule has 1 aromatic rings. The van der Waals surface area contributed by atoms with Crippen LogP contribution in [0.2, 0.25) is 54.4 Å². The van der Waals surface area contributed by atoms with Gasteiger partial charge in [-0.05, 0) is 178 Å². The number of Topliss-reactive ketones (excluding diaryl/α,β-unsaturated/α-hetero) is 1.